The summed E-state index contributed by atoms with van der Waals surface area (Å²) in [7, 11) is 0. The van der Waals surface area contributed by atoms with Gasteiger partial charge in [-0.1, -0.05) is 0 Å². The van der Waals surface area contributed by atoms with E-state index >= 15 is 0 Å². The average Bonchev–Trinajstić information content (AvgIpc) is 2.27. The van der Waals surface area contributed by atoms with E-state index in [0.29, 0.717) is 22.4 Å². The number of fused-ring (bicyclic) bond motifs is 1. The molecule has 0 amide bonds. The van der Waals surface area contributed by atoms with Gasteiger partial charge in [0.25, 0.3) is 0 Å². The summed E-state index contributed by atoms with van der Waals surface area (Å²) in [4.78, 5) is 8.11. The topological polar surface area (TPSA) is 51.8 Å². The predicted molar refractivity (Wildman–Crippen MR) is 57.2 cm³/mol. The third-order valence-electron chi connectivity index (χ3n) is 2.44. The van der Waals surface area contributed by atoms with Gasteiger partial charge in [0.1, 0.15) is 5.82 Å². The Morgan fingerprint density at radius 3 is 2.53 bits per heavy atom. The molecule has 0 radical (unpaired) electrons. The number of hydrogen-bond donors (Lipinski definition) is 1. The van der Waals surface area contributed by atoms with Gasteiger partial charge in [-0.15, -0.1) is 0 Å². The van der Waals surface area contributed by atoms with Gasteiger partial charge in [-0.2, -0.15) is 13.2 Å². The van der Waals surface area contributed by atoms with Gasteiger partial charge in [0.05, 0.1) is 17.6 Å². The molecule has 2 N–H and O–H groups in total. The van der Waals surface area contributed by atoms with E-state index in [1.165, 1.54) is 6.07 Å². The minimum absolute atomic E-state index is 0.164. The zero-order valence-electron chi connectivity index (χ0n) is 9.04. The van der Waals surface area contributed by atoms with E-state index in [1.807, 2.05) is 0 Å². The second-order valence-corrected chi connectivity index (χ2v) is 3.66. The van der Waals surface area contributed by atoms with Crippen LogP contribution in [0.5, 0.6) is 0 Å². The van der Waals surface area contributed by atoms with Gasteiger partial charge in [-0.25, -0.2) is 9.97 Å². The van der Waals surface area contributed by atoms with Crippen LogP contribution in [0.3, 0.4) is 0 Å². The minimum Gasteiger partial charge on any atom is -0.324 e. The second-order valence-electron chi connectivity index (χ2n) is 3.66. The molecule has 0 bridgehead atoms. The molecule has 1 aromatic heterocycles. The monoisotopic (exact) mass is 241 g/mol. The highest BCUT2D eigenvalue weighted by Crippen LogP contribution is 2.31. The zero-order valence-corrected chi connectivity index (χ0v) is 9.04. The highest BCUT2D eigenvalue weighted by molar-refractivity contribution is 5.81. The van der Waals surface area contributed by atoms with E-state index < -0.39 is 11.7 Å². The van der Waals surface area contributed by atoms with E-state index in [9.17, 15) is 13.2 Å². The van der Waals surface area contributed by atoms with Gasteiger partial charge in [-0.05, 0) is 25.1 Å². The molecule has 1 aromatic carbocycles. The Kier molecular flexibility index (Phi) is 2.74. The first kappa shape index (κ1) is 11.8. The molecule has 2 rings (SSSR count). The summed E-state index contributed by atoms with van der Waals surface area (Å²) in [6, 6.07) is 3.41. The molecular formula is C11H10F3N3. The van der Waals surface area contributed by atoms with Crippen LogP contribution in [0.4, 0.5) is 13.2 Å². The van der Waals surface area contributed by atoms with Crippen molar-refractivity contribution in [2.45, 2.75) is 19.6 Å². The van der Waals surface area contributed by atoms with Crippen LogP contribution in [0.15, 0.2) is 18.2 Å². The number of aryl methyl sites for hydroxylation is 1. The lowest BCUT2D eigenvalue weighted by atomic mass is 10.1. The summed E-state index contributed by atoms with van der Waals surface area (Å²) in [5.74, 6) is 0.426. The van der Waals surface area contributed by atoms with Crippen molar-refractivity contribution in [3.63, 3.8) is 0 Å². The molecule has 0 spiro atoms. The molecule has 0 fully saturated rings. The number of aromatic nitrogens is 2. The lowest BCUT2D eigenvalue weighted by Gasteiger charge is -2.09. The van der Waals surface area contributed by atoms with Crippen molar-refractivity contribution in [2.24, 2.45) is 5.73 Å². The zero-order chi connectivity index (χ0) is 12.6. The van der Waals surface area contributed by atoms with Gasteiger partial charge in [0.2, 0.25) is 0 Å². The van der Waals surface area contributed by atoms with Crippen molar-refractivity contribution in [1.82, 2.24) is 9.97 Å². The molecule has 0 saturated carbocycles. The average molecular weight is 241 g/mol. The van der Waals surface area contributed by atoms with Gasteiger partial charge < -0.3 is 5.73 Å². The Balaban J connectivity index is 2.67. The van der Waals surface area contributed by atoms with Crippen LogP contribution >= 0.6 is 0 Å². The number of nitrogens with zero attached hydrogens (tertiary/aromatic N) is 2. The molecule has 1 heterocycles. The van der Waals surface area contributed by atoms with E-state index in [-0.39, 0.29) is 6.54 Å². The first-order chi connectivity index (χ1) is 7.91. The maximum Gasteiger partial charge on any atom is 0.416 e. The Morgan fingerprint density at radius 2 is 1.94 bits per heavy atom. The van der Waals surface area contributed by atoms with Crippen molar-refractivity contribution < 1.29 is 13.2 Å². The summed E-state index contributed by atoms with van der Waals surface area (Å²) in [5, 5.41) is 0.400. The van der Waals surface area contributed by atoms with Crippen LogP contribution in [0.1, 0.15) is 17.1 Å². The second kappa shape index (κ2) is 3.96. The summed E-state index contributed by atoms with van der Waals surface area (Å²) < 4.78 is 37.6. The van der Waals surface area contributed by atoms with Crippen LogP contribution in [-0.2, 0) is 12.7 Å². The van der Waals surface area contributed by atoms with Crippen LogP contribution in [0, 0.1) is 6.92 Å². The summed E-state index contributed by atoms with van der Waals surface area (Å²) in [6.07, 6.45) is -4.35. The molecule has 3 nitrogen and oxygen atoms in total. The molecule has 0 saturated heterocycles. The maximum atomic E-state index is 12.5. The Labute approximate surface area is 95.5 Å². The third-order valence-corrected chi connectivity index (χ3v) is 2.44. The van der Waals surface area contributed by atoms with E-state index in [0.717, 1.165) is 12.1 Å². The SMILES string of the molecule is Cc1nc(CN)nc2ccc(C(F)(F)F)cc12. The molecular weight excluding hydrogens is 231 g/mol. The first-order valence-corrected chi connectivity index (χ1v) is 4.96. The number of alkyl halides is 3. The molecule has 17 heavy (non-hydrogen) atoms. The molecule has 0 atom stereocenters. The fraction of sp³-hybridized carbons (Fsp3) is 0.273. The normalized spacial score (nSPS) is 12.1. The Morgan fingerprint density at radius 1 is 1.24 bits per heavy atom. The molecule has 0 aliphatic rings. The molecule has 6 heteroatoms. The van der Waals surface area contributed by atoms with Crippen molar-refractivity contribution >= 4 is 10.9 Å². The number of nitrogens with two attached hydrogens (primary N) is 1. The lowest BCUT2D eigenvalue weighted by molar-refractivity contribution is -0.137. The fourth-order valence-electron chi connectivity index (χ4n) is 1.61. The van der Waals surface area contributed by atoms with Crippen molar-refractivity contribution in [1.29, 1.82) is 0 Å². The lowest BCUT2D eigenvalue weighted by Crippen LogP contribution is -2.07. The van der Waals surface area contributed by atoms with Crippen LogP contribution in [-0.4, -0.2) is 9.97 Å². The predicted octanol–water partition coefficient (Wildman–Crippen LogP) is 2.42. The number of rotatable bonds is 1. The molecule has 90 valence electrons. The van der Waals surface area contributed by atoms with Gasteiger partial charge in [0.15, 0.2) is 0 Å². The maximum absolute atomic E-state index is 12.5. The van der Waals surface area contributed by atoms with E-state index in [2.05, 4.69) is 9.97 Å². The highest BCUT2D eigenvalue weighted by Gasteiger charge is 2.30. The molecule has 2 aromatic rings. The summed E-state index contributed by atoms with van der Waals surface area (Å²) >= 11 is 0. The summed E-state index contributed by atoms with van der Waals surface area (Å²) in [5.41, 5.74) is 5.69. The van der Waals surface area contributed by atoms with Crippen LogP contribution < -0.4 is 5.73 Å². The number of hydrogen-bond acceptors (Lipinski definition) is 3. The first-order valence-electron chi connectivity index (χ1n) is 4.96. The smallest absolute Gasteiger partial charge is 0.324 e. The minimum atomic E-state index is -4.35. The fourth-order valence-corrected chi connectivity index (χ4v) is 1.61. The van der Waals surface area contributed by atoms with E-state index in [4.69, 9.17) is 5.73 Å². The standard InChI is InChI=1S/C11H10F3N3/c1-6-8-4-7(11(12,13)14)2-3-9(8)17-10(5-15)16-6/h2-4H,5,15H2,1H3. The van der Waals surface area contributed by atoms with E-state index in [1.54, 1.807) is 6.92 Å². The Bertz CT molecular complexity index is 564. The molecule has 0 aliphatic heterocycles. The van der Waals surface area contributed by atoms with Crippen molar-refractivity contribution in [3.05, 3.63) is 35.3 Å². The van der Waals surface area contributed by atoms with Crippen molar-refractivity contribution in [3.8, 4) is 0 Å². The molecule has 0 aliphatic carbocycles. The highest BCUT2D eigenvalue weighted by atomic mass is 19.4. The van der Waals surface area contributed by atoms with Gasteiger partial charge in [-0.3, -0.25) is 0 Å². The number of halogens is 3. The van der Waals surface area contributed by atoms with Crippen LogP contribution in [0.25, 0.3) is 10.9 Å². The van der Waals surface area contributed by atoms with Gasteiger partial charge >= 0.3 is 6.18 Å². The van der Waals surface area contributed by atoms with Crippen LogP contribution in [0.2, 0.25) is 0 Å². The quantitative estimate of drug-likeness (QED) is 0.834. The largest absolute Gasteiger partial charge is 0.416 e. The molecule has 0 unspecified atom stereocenters. The Hall–Kier alpha value is -1.69. The van der Waals surface area contributed by atoms with Crippen molar-refractivity contribution in [2.75, 3.05) is 0 Å². The summed E-state index contributed by atoms with van der Waals surface area (Å²) in [6.45, 7) is 1.81. The third kappa shape index (κ3) is 2.21. The number of benzene rings is 1. The van der Waals surface area contributed by atoms with Gasteiger partial charge in [0, 0.05) is 11.1 Å².